The van der Waals surface area contributed by atoms with Crippen molar-refractivity contribution in [2.45, 2.75) is 57.0 Å². The van der Waals surface area contributed by atoms with Gasteiger partial charge in [0.05, 0.1) is 44.7 Å². The van der Waals surface area contributed by atoms with Crippen molar-refractivity contribution in [3.05, 3.63) is 94.9 Å². The zero-order valence-electron chi connectivity index (χ0n) is 23.2. The van der Waals surface area contributed by atoms with Crippen molar-refractivity contribution >= 4 is 24.0 Å². The van der Waals surface area contributed by atoms with Crippen LogP contribution in [0.3, 0.4) is 0 Å². The van der Waals surface area contributed by atoms with Crippen molar-refractivity contribution in [2.75, 3.05) is 13.7 Å². The lowest BCUT2D eigenvalue weighted by molar-refractivity contribution is 0.0196. The number of aromatic nitrogens is 2. The minimum Gasteiger partial charge on any atom is -0.497 e. The molecule has 6 nitrogen and oxygen atoms in total. The molecule has 0 spiro atoms. The van der Waals surface area contributed by atoms with Crippen LogP contribution in [0, 0.1) is 5.92 Å². The summed E-state index contributed by atoms with van der Waals surface area (Å²) in [6.07, 6.45) is 4.29. The molecule has 0 aliphatic carbocycles. The number of aryl methyl sites for hydroxylation is 1. The van der Waals surface area contributed by atoms with Crippen molar-refractivity contribution in [1.82, 2.24) is 9.78 Å². The number of hydrogen-bond donors (Lipinski definition) is 1. The molecule has 0 radical (unpaired) electrons. The van der Waals surface area contributed by atoms with Gasteiger partial charge < -0.3 is 14.6 Å². The summed E-state index contributed by atoms with van der Waals surface area (Å²) >= 11 is 0. The fourth-order valence-electron chi connectivity index (χ4n) is 6.47. The molecule has 2 heterocycles. The van der Waals surface area contributed by atoms with Crippen LogP contribution in [0.2, 0.25) is 18.6 Å². The molecule has 1 N–H and O–H groups in total. The Labute approximate surface area is 231 Å². The molecule has 5 rings (SSSR count). The Morgan fingerprint density at radius 3 is 2.51 bits per heavy atom. The standard InChI is InChI=1S/C32H38N2O4Si/c1-22-29(38-30(18-19-35)31(22)39(3,4)27-15-13-26(37-2)14-16-27)17-12-23-8-7-10-25(20-23)34-32(36)28-11-6-5-9-24(28)21-33-34/h5-11,13-16,20-22,29-31,35H,12,17-19H2,1-4H3/t22-,29+,30-,31+/m0/s1. The second kappa shape index (κ2) is 11.5. The average Bonchev–Trinajstić information content (AvgIpc) is 3.27. The molecule has 0 unspecified atom stereocenters. The van der Waals surface area contributed by atoms with Crippen LogP contribution < -0.4 is 15.5 Å². The first-order valence-corrected chi connectivity index (χ1v) is 16.9. The quantitative estimate of drug-likeness (QED) is 0.298. The van der Waals surface area contributed by atoms with Crippen molar-refractivity contribution in [1.29, 1.82) is 0 Å². The molecule has 39 heavy (non-hydrogen) atoms. The van der Waals surface area contributed by atoms with Gasteiger partial charge in [-0.25, -0.2) is 0 Å². The third-order valence-electron chi connectivity index (χ3n) is 8.55. The monoisotopic (exact) mass is 542 g/mol. The maximum absolute atomic E-state index is 13.1. The summed E-state index contributed by atoms with van der Waals surface area (Å²) in [4.78, 5) is 13.1. The summed E-state index contributed by atoms with van der Waals surface area (Å²) in [7, 11) is -0.222. The lowest BCUT2D eigenvalue weighted by Gasteiger charge is -2.36. The fraction of sp³-hybridized carbons (Fsp3) is 0.375. The van der Waals surface area contributed by atoms with Crippen molar-refractivity contribution in [2.24, 2.45) is 5.92 Å². The number of benzene rings is 3. The number of fused-ring (bicyclic) bond motifs is 1. The van der Waals surface area contributed by atoms with Gasteiger partial charge in [0.1, 0.15) is 5.75 Å². The predicted molar refractivity (Wildman–Crippen MR) is 159 cm³/mol. The third-order valence-corrected chi connectivity index (χ3v) is 12.9. The molecule has 3 aromatic carbocycles. The molecule has 0 bridgehead atoms. The van der Waals surface area contributed by atoms with E-state index in [9.17, 15) is 9.90 Å². The van der Waals surface area contributed by atoms with E-state index in [-0.39, 0.29) is 24.4 Å². The van der Waals surface area contributed by atoms with E-state index in [1.807, 2.05) is 48.5 Å². The summed E-state index contributed by atoms with van der Waals surface area (Å²) in [6.45, 7) is 7.29. The highest BCUT2D eigenvalue weighted by Crippen LogP contribution is 2.46. The number of rotatable bonds is 9. The van der Waals surface area contributed by atoms with Gasteiger partial charge in [0.15, 0.2) is 0 Å². The summed E-state index contributed by atoms with van der Waals surface area (Å²) in [5.41, 5.74) is 2.21. The van der Waals surface area contributed by atoms with Crippen LogP contribution in [0.4, 0.5) is 0 Å². The second-order valence-corrected chi connectivity index (χ2v) is 15.9. The zero-order chi connectivity index (χ0) is 27.6. The van der Waals surface area contributed by atoms with E-state index >= 15 is 0 Å². The lowest BCUT2D eigenvalue weighted by atomic mass is 9.95. The van der Waals surface area contributed by atoms with E-state index < -0.39 is 8.07 Å². The lowest BCUT2D eigenvalue weighted by Crippen LogP contribution is -2.50. The van der Waals surface area contributed by atoms with Crippen LogP contribution in [-0.4, -0.2) is 48.9 Å². The number of ether oxygens (including phenoxy) is 2. The highest BCUT2D eigenvalue weighted by atomic mass is 28.3. The van der Waals surface area contributed by atoms with E-state index in [2.05, 4.69) is 49.4 Å². The second-order valence-electron chi connectivity index (χ2n) is 11.2. The maximum Gasteiger partial charge on any atom is 0.279 e. The third kappa shape index (κ3) is 5.44. The minimum absolute atomic E-state index is 0.0467. The van der Waals surface area contributed by atoms with Gasteiger partial charge in [0, 0.05) is 12.0 Å². The highest BCUT2D eigenvalue weighted by Gasteiger charge is 2.50. The molecule has 1 aliphatic rings. The predicted octanol–water partition coefficient (Wildman–Crippen LogP) is 5.10. The van der Waals surface area contributed by atoms with E-state index in [1.165, 1.54) is 9.87 Å². The number of hydrogen-bond acceptors (Lipinski definition) is 5. The summed E-state index contributed by atoms with van der Waals surface area (Å²) in [6, 6.07) is 24.1. The van der Waals surface area contributed by atoms with Gasteiger partial charge in [-0.3, -0.25) is 4.79 Å². The van der Waals surface area contributed by atoms with E-state index in [4.69, 9.17) is 9.47 Å². The summed E-state index contributed by atoms with van der Waals surface area (Å²) in [5, 5.41) is 17.2. The molecule has 4 aromatic rings. The SMILES string of the molecule is COc1ccc([Si](C)(C)[C@@H]2[C@@H](C)[C@@H](CCc3cccc(-n4ncc5ccccc5c4=O)c3)O[C@H]2CCO)cc1. The van der Waals surface area contributed by atoms with Crippen LogP contribution >= 0.6 is 0 Å². The molecule has 0 amide bonds. The number of aliphatic hydroxyl groups excluding tert-OH is 1. The first kappa shape index (κ1) is 27.3. The fourth-order valence-corrected chi connectivity index (χ4v) is 10.6. The van der Waals surface area contributed by atoms with Crippen LogP contribution in [0.1, 0.15) is 25.3 Å². The molecule has 0 saturated carbocycles. The number of nitrogens with zero attached hydrogens (tertiary/aromatic N) is 2. The van der Waals surface area contributed by atoms with Crippen molar-refractivity contribution < 1.29 is 14.6 Å². The normalized spacial score (nSPS) is 21.4. The molecular weight excluding hydrogens is 504 g/mol. The molecule has 1 saturated heterocycles. The summed E-state index contributed by atoms with van der Waals surface area (Å²) < 4.78 is 13.5. The van der Waals surface area contributed by atoms with Gasteiger partial charge >= 0.3 is 0 Å². The van der Waals surface area contributed by atoms with Crippen LogP contribution in [0.5, 0.6) is 5.75 Å². The van der Waals surface area contributed by atoms with Crippen LogP contribution in [0.15, 0.2) is 83.8 Å². The van der Waals surface area contributed by atoms with Crippen LogP contribution in [0.25, 0.3) is 16.5 Å². The van der Waals surface area contributed by atoms with Crippen molar-refractivity contribution in [3.8, 4) is 11.4 Å². The van der Waals surface area contributed by atoms with Gasteiger partial charge in [0.25, 0.3) is 5.56 Å². The Morgan fingerprint density at radius 1 is 1.00 bits per heavy atom. The topological polar surface area (TPSA) is 73.6 Å². The molecule has 7 heteroatoms. The van der Waals surface area contributed by atoms with Gasteiger partial charge in [-0.15, -0.1) is 0 Å². The molecule has 1 fully saturated rings. The van der Waals surface area contributed by atoms with Gasteiger partial charge in [-0.2, -0.15) is 9.78 Å². The van der Waals surface area contributed by atoms with Crippen LogP contribution in [-0.2, 0) is 11.2 Å². The summed E-state index contributed by atoms with van der Waals surface area (Å²) in [5.74, 6) is 1.24. The Morgan fingerprint density at radius 2 is 1.77 bits per heavy atom. The molecule has 1 aliphatic heterocycles. The minimum atomic E-state index is -1.92. The zero-order valence-corrected chi connectivity index (χ0v) is 24.2. The smallest absolute Gasteiger partial charge is 0.279 e. The van der Waals surface area contributed by atoms with E-state index in [0.29, 0.717) is 23.3 Å². The first-order valence-electron chi connectivity index (χ1n) is 13.8. The Kier molecular flexibility index (Phi) is 8.02. The Balaban J connectivity index is 1.34. The van der Waals surface area contributed by atoms with E-state index in [0.717, 1.165) is 35.2 Å². The molecular formula is C32H38N2O4Si. The Hall–Kier alpha value is -3.26. The largest absolute Gasteiger partial charge is 0.497 e. The number of aliphatic hydroxyl groups is 1. The molecule has 4 atom stereocenters. The maximum atomic E-state index is 13.1. The van der Waals surface area contributed by atoms with Crippen molar-refractivity contribution in [3.63, 3.8) is 0 Å². The molecule has 1 aromatic heterocycles. The van der Waals surface area contributed by atoms with Gasteiger partial charge in [0.2, 0.25) is 0 Å². The van der Waals surface area contributed by atoms with Gasteiger partial charge in [-0.1, -0.05) is 67.7 Å². The molecule has 204 valence electrons. The average molecular weight is 543 g/mol. The Bertz CT molecular complexity index is 1480. The van der Waals surface area contributed by atoms with Gasteiger partial charge in [-0.05, 0) is 66.6 Å². The van der Waals surface area contributed by atoms with E-state index in [1.54, 1.807) is 13.3 Å². The first-order chi connectivity index (χ1) is 18.8. The number of methoxy groups -OCH3 is 1. The highest BCUT2D eigenvalue weighted by molar-refractivity contribution is 6.91.